The fourth-order valence-corrected chi connectivity index (χ4v) is 4.17. The fraction of sp³-hybridized carbons (Fsp3) is 0.565. The molecule has 2 heterocycles. The third-order valence-corrected chi connectivity index (χ3v) is 6.22. The van der Waals surface area contributed by atoms with Gasteiger partial charge in [0, 0.05) is 12.1 Å². The van der Waals surface area contributed by atoms with Gasteiger partial charge in [0.25, 0.3) is 5.91 Å². The zero-order valence-electron chi connectivity index (χ0n) is 19.3. The van der Waals surface area contributed by atoms with Crippen LogP contribution in [0.1, 0.15) is 56.3 Å². The maximum Gasteiger partial charge on any atom is 0.310 e. The highest BCUT2D eigenvalue weighted by Gasteiger charge is 2.41. The lowest BCUT2D eigenvalue weighted by Gasteiger charge is -2.28. The number of nitrogens with one attached hydrogen (secondary N) is 2. The van der Waals surface area contributed by atoms with Crippen LogP contribution in [0.25, 0.3) is 0 Å². The maximum atomic E-state index is 13.1. The van der Waals surface area contributed by atoms with Gasteiger partial charge in [0.05, 0.1) is 23.7 Å². The number of likely N-dealkylation sites (tertiary alicyclic amines) is 1. The van der Waals surface area contributed by atoms with Crippen molar-refractivity contribution >= 4 is 41.0 Å². The van der Waals surface area contributed by atoms with E-state index in [2.05, 4.69) is 10.6 Å². The normalized spacial score (nSPS) is 22.9. The van der Waals surface area contributed by atoms with Crippen molar-refractivity contribution in [2.45, 2.75) is 70.4 Å². The molecule has 0 aromatic heterocycles. The molecule has 1 aromatic carbocycles. The molecule has 11 heteroatoms. The van der Waals surface area contributed by atoms with Gasteiger partial charge < -0.3 is 30.7 Å². The third kappa shape index (κ3) is 6.18. The average Bonchev–Trinajstić information content (AvgIpc) is 3.42. The molecule has 3 rings (SSSR count). The first kappa shape index (κ1) is 25.8. The van der Waals surface area contributed by atoms with Gasteiger partial charge >= 0.3 is 5.97 Å². The van der Waals surface area contributed by atoms with Crippen molar-refractivity contribution in [3.05, 3.63) is 28.8 Å². The summed E-state index contributed by atoms with van der Waals surface area (Å²) in [6, 6.07) is 2.29. The van der Waals surface area contributed by atoms with Crippen LogP contribution in [0.4, 0.5) is 5.69 Å². The van der Waals surface area contributed by atoms with E-state index in [-0.39, 0.29) is 28.8 Å². The quantitative estimate of drug-likeness (QED) is 0.269. The van der Waals surface area contributed by atoms with E-state index in [9.17, 15) is 19.2 Å². The fourth-order valence-electron chi connectivity index (χ4n) is 3.99. The minimum Gasteiger partial charge on any atom is -0.433 e. The number of benzene rings is 1. The number of unbranched alkanes of at least 4 members (excludes halogenated alkanes) is 1. The molecule has 0 aliphatic carbocycles. The number of nitrogens with two attached hydrogens (primary N) is 1. The van der Waals surface area contributed by atoms with E-state index in [1.54, 1.807) is 6.92 Å². The van der Waals surface area contributed by atoms with Gasteiger partial charge in [-0.15, -0.1) is 0 Å². The second kappa shape index (κ2) is 11.5. The summed E-state index contributed by atoms with van der Waals surface area (Å²) in [5, 5.41) is 5.71. The number of cyclic esters (lactones) is 1. The predicted molar refractivity (Wildman–Crippen MR) is 125 cm³/mol. The highest BCUT2D eigenvalue weighted by Crippen LogP contribution is 2.22. The summed E-state index contributed by atoms with van der Waals surface area (Å²) in [6.45, 7) is 4.39. The van der Waals surface area contributed by atoms with Crippen LogP contribution in [-0.2, 0) is 23.9 Å². The van der Waals surface area contributed by atoms with Gasteiger partial charge in [-0.05, 0) is 44.4 Å². The molecule has 2 saturated heterocycles. The molecule has 0 spiro atoms. The Hall–Kier alpha value is -2.85. The third-order valence-electron chi connectivity index (χ3n) is 5.89. The molecule has 0 bridgehead atoms. The van der Waals surface area contributed by atoms with E-state index in [0.717, 1.165) is 12.8 Å². The molecule has 2 aliphatic rings. The van der Waals surface area contributed by atoms with Crippen LogP contribution >= 0.6 is 11.6 Å². The zero-order valence-corrected chi connectivity index (χ0v) is 20.1. The Morgan fingerprint density at radius 1 is 1.35 bits per heavy atom. The lowest BCUT2D eigenvalue weighted by molar-refractivity contribution is -0.165. The summed E-state index contributed by atoms with van der Waals surface area (Å²) in [4.78, 5) is 51.8. The average molecular weight is 495 g/mol. The molecule has 2 fully saturated rings. The lowest BCUT2D eigenvalue weighted by atomic mass is 10.1. The minimum atomic E-state index is -0.862. The second-order valence-electron chi connectivity index (χ2n) is 8.52. The Bertz CT molecular complexity index is 942. The molecule has 186 valence electrons. The standard InChI is InChI=1S/C23H31ClN4O6/c1-3-4-10-33-23-17(12-19(29)34-23)27-21(31)18-6-5-9-28(18)22(32)13(2)26-20(30)14-7-8-16(25)15(24)11-14/h7-8,11,13,17-18,23H,3-6,9-10,12,25H2,1-2H3,(H,26,30)(H,27,31)/t13-,17?,18-,23+/m0/s1. The van der Waals surface area contributed by atoms with Crippen molar-refractivity contribution in [1.82, 2.24) is 15.5 Å². The number of amides is 3. The van der Waals surface area contributed by atoms with Crippen LogP contribution in [0.5, 0.6) is 0 Å². The molecule has 0 radical (unpaired) electrons. The first-order valence-corrected chi connectivity index (χ1v) is 11.9. The van der Waals surface area contributed by atoms with Gasteiger partial charge in [-0.2, -0.15) is 0 Å². The van der Waals surface area contributed by atoms with Crippen molar-refractivity contribution in [1.29, 1.82) is 0 Å². The molecule has 4 atom stereocenters. The minimum absolute atomic E-state index is 0.0137. The number of ether oxygens (including phenoxy) is 2. The van der Waals surface area contributed by atoms with Crippen molar-refractivity contribution in [3.63, 3.8) is 0 Å². The highest BCUT2D eigenvalue weighted by molar-refractivity contribution is 6.33. The molecule has 34 heavy (non-hydrogen) atoms. The Morgan fingerprint density at radius 3 is 2.82 bits per heavy atom. The molecule has 0 saturated carbocycles. The Labute approximate surface area is 203 Å². The van der Waals surface area contributed by atoms with E-state index in [1.807, 2.05) is 6.92 Å². The number of carbonyl (C=O) groups excluding carboxylic acids is 4. The SMILES string of the molecule is CCCCO[C@@H]1OC(=O)CC1NC(=O)[C@@H]1CCCN1C(=O)[C@H](C)NC(=O)c1ccc(N)c(Cl)c1. The summed E-state index contributed by atoms with van der Waals surface area (Å²) >= 11 is 5.98. The molecular formula is C23H31ClN4O6. The van der Waals surface area contributed by atoms with E-state index < -0.39 is 36.3 Å². The predicted octanol–water partition coefficient (Wildman–Crippen LogP) is 1.61. The topological polar surface area (TPSA) is 140 Å². The number of esters is 1. The summed E-state index contributed by atoms with van der Waals surface area (Å²) in [5.41, 5.74) is 6.29. The summed E-state index contributed by atoms with van der Waals surface area (Å²) in [6.07, 6.45) is 2.05. The molecule has 1 unspecified atom stereocenters. The molecule has 3 amide bonds. The van der Waals surface area contributed by atoms with Gasteiger partial charge in [0.15, 0.2) is 0 Å². The maximum absolute atomic E-state index is 13.1. The van der Waals surface area contributed by atoms with Gasteiger partial charge in [-0.1, -0.05) is 24.9 Å². The van der Waals surface area contributed by atoms with Crippen LogP contribution in [-0.4, -0.2) is 66.2 Å². The number of nitrogen functional groups attached to an aromatic ring is 1. The summed E-state index contributed by atoms with van der Waals surface area (Å²) in [5.74, 6) is -1.66. The lowest BCUT2D eigenvalue weighted by Crippen LogP contribution is -2.54. The smallest absolute Gasteiger partial charge is 0.310 e. The van der Waals surface area contributed by atoms with E-state index in [1.165, 1.54) is 23.1 Å². The first-order valence-electron chi connectivity index (χ1n) is 11.5. The number of hydrogen-bond donors (Lipinski definition) is 3. The number of nitrogens with zero attached hydrogens (tertiary/aromatic N) is 1. The number of halogens is 1. The molecular weight excluding hydrogens is 464 g/mol. The van der Waals surface area contributed by atoms with E-state index in [4.69, 9.17) is 26.8 Å². The number of carbonyl (C=O) groups is 4. The van der Waals surface area contributed by atoms with E-state index in [0.29, 0.717) is 31.7 Å². The highest BCUT2D eigenvalue weighted by atomic mass is 35.5. The van der Waals surface area contributed by atoms with Crippen molar-refractivity contribution in [2.24, 2.45) is 0 Å². The van der Waals surface area contributed by atoms with Crippen LogP contribution < -0.4 is 16.4 Å². The van der Waals surface area contributed by atoms with Gasteiger partial charge in [0.1, 0.15) is 18.1 Å². The largest absolute Gasteiger partial charge is 0.433 e. The molecule has 10 nitrogen and oxygen atoms in total. The Kier molecular flexibility index (Phi) is 8.73. The van der Waals surface area contributed by atoms with Gasteiger partial charge in [-0.25, -0.2) is 0 Å². The van der Waals surface area contributed by atoms with Crippen LogP contribution in [0.3, 0.4) is 0 Å². The zero-order chi connectivity index (χ0) is 24.8. The molecule has 1 aromatic rings. The molecule has 2 aliphatic heterocycles. The Morgan fingerprint density at radius 2 is 2.12 bits per heavy atom. The number of hydrogen-bond acceptors (Lipinski definition) is 7. The van der Waals surface area contributed by atoms with Crippen molar-refractivity contribution in [2.75, 3.05) is 18.9 Å². The van der Waals surface area contributed by atoms with Gasteiger partial charge in [0.2, 0.25) is 18.1 Å². The van der Waals surface area contributed by atoms with Gasteiger partial charge in [-0.3, -0.25) is 19.2 Å². The summed E-state index contributed by atoms with van der Waals surface area (Å²) < 4.78 is 10.8. The number of rotatable bonds is 9. The first-order chi connectivity index (χ1) is 16.2. The second-order valence-corrected chi connectivity index (χ2v) is 8.93. The Balaban J connectivity index is 1.59. The van der Waals surface area contributed by atoms with E-state index >= 15 is 0 Å². The van der Waals surface area contributed by atoms with Crippen molar-refractivity contribution < 1.29 is 28.7 Å². The summed E-state index contributed by atoms with van der Waals surface area (Å²) in [7, 11) is 0. The van der Waals surface area contributed by atoms with Crippen LogP contribution in [0.15, 0.2) is 18.2 Å². The van der Waals surface area contributed by atoms with Crippen molar-refractivity contribution in [3.8, 4) is 0 Å². The number of anilines is 1. The monoisotopic (exact) mass is 494 g/mol. The van der Waals surface area contributed by atoms with Crippen LogP contribution in [0, 0.1) is 0 Å². The molecule has 4 N–H and O–H groups in total. The van der Waals surface area contributed by atoms with Crippen LogP contribution in [0.2, 0.25) is 5.02 Å².